The predicted molar refractivity (Wildman–Crippen MR) is 135 cm³/mol. The molecule has 0 saturated heterocycles. The lowest BCUT2D eigenvalue weighted by Gasteiger charge is -2.17. The van der Waals surface area contributed by atoms with E-state index in [0.717, 1.165) is 12.1 Å². The van der Waals surface area contributed by atoms with Crippen LogP contribution in [0.15, 0.2) is 78.9 Å². The number of thioether (sulfide) groups is 1. The van der Waals surface area contributed by atoms with E-state index in [4.69, 9.17) is 0 Å². The van der Waals surface area contributed by atoms with E-state index in [1.54, 1.807) is 13.0 Å². The summed E-state index contributed by atoms with van der Waals surface area (Å²) in [5, 5.41) is 2.91. The largest absolute Gasteiger partial charge is 0.378 e. The number of amides is 1. The molecule has 0 aliphatic heterocycles. The fourth-order valence-electron chi connectivity index (χ4n) is 3.40. The first-order valence-electron chi connectivity index (χ1n) is 10.8. The lowest BCUT2D eigenvalue weighted by Crippen LogP contribution is -2.38. The van der Waals surface area contributed by atoms with Crippen molar-refractivity contribution in [3.05, 3.63) is 90.0 Å². The summed E-state index contributed by atoms with van der Waals surface area (Å²) in [4.78, 5) is 27.2. The van der Waals surface area contributed by atoms with E-state index < -0.39 is 6.04 Å². The minimum Gasteiger partial charge on any atom is -0.378 e. The van der Waals surface area contributed by atoms with Crippen molar-refractivity contribution in [1.29, 1.82) is 0 Å². The lowest BCUT2D eigenvalue weighted by atomic mass is 10.0. The molecule has 5 heteroatoms. The molecule has 1 amide bonds. The number of benzene rings is 3. The maximum absolute atomic E-state index is 12.7. The molecule has 0 saturated carbocycles. The third-order valence-corrected chi connectivity index (χ3v) is 6.38. The van der Waals surface area contributed by atoms with Gasteiger partial charge in [0.25, 0.3) is 5.91 Å². The van der Waals surface area contributed by atoms with E-state index in [1.165, 1.54) is 28.5 Å². The van der Waals surface area contributed by atoms with Crippen molar-refractivity contribution < 1.29 is 9.59 Å². The first-order chi connectivity index (χ1) is 15.3. The molecular formula is C27H30N2O2S. The van der Waals surface area contributed by atoms with Gasteiger partial charge in [-0.2, -0.15) is 0 Å². The topological polar surface area (TPSA) is 49.4 Å². The molecule has 0 aliphatic rings. The van der Waals surface area contributed by atoms with Gasteiger partial charge in [-0.1, -0.05) is 79.3 Å². The van der Waals surface area contributed by atoms with Crippen LogP contribution in [-0.2, 0) is 11.2 Å². The van der Waals surface area contributed by atoms with Crippen LogP contribution in [0.1, 0.15) is 29.8 Å². The van der Waals surface area contributed by atoms with E-state index in [0.29, 0.717) is 5.56 Å². The summed E-state index contributed by atoms with van der Waals surface area (Å²) >= 11 is 1.29. The van der Waals surface area contributed by atoms with Crippen LogP contribution in [0.25, 0.3) is 11.1 Å². The average molecular weight is 447 g/mol. The van der Waals surface area contributed by atoms with Gasteiger partial charge in [-0.25, -0.2) is 0 Å². The maximum Gasteiger partial charge on any atom is 0.251 e. The monoisotopic (exact) mass is 446 g/mol. The molecule has 0 spiro atoms. The number of anilines is 1. The molecule has 0 radical (unpaired) electrons. The number of nitrogens with one attached hydrogen (secondary N) is 1. The van der Waals surface area contributed by atoms with Gasteiger partial charge in [0.15, 0.2) is 0 Å². The fraction of sp³-hybridized carbons (Fsp3) is 0.259. The first kappa shape index (κ1) is 23.6. The molecule has 0 unspecified atom stereocenters. The van der Waals surface area contributed by atoms with Gasteiger partial charge in [-0.05, 0) is 48.2 Å². The van der Waals surface area contributed by atoms with Gasteiger partial charge in [0.2, 0.25) is 5.12 Å². The molecule has 4 nitrogen and oxygen atoms in total. The molecule has 32 heavy (non-hydrogen) atoms. The van der Waals surface area contributed by atoms with Crippen LogP contribution in [-0.4, -0.2) is 36.4 Å². The fourth-order valence-corrected chi connectivity index (χ4v) is 4.34. The van der Waals surface area contributed by atoms with Gasteiger partial charge in [-0.15, -0.1) is 0 Å². The van der Waals surface area contributed by atoms with Crippen molar-refractivity contribution in [2.75, 3.05) is 19.0 Å². The van der Waals surface area contributed by atoms with Crippen molar-refractivity contribution in [2.45, 2.75) is 31.6 Å². The zero-order valence-electron chi connectivity index (χ0n) is 19.0. The minimum atomic E-state index is -0.557. The lowest BCUT2D eigenvalue weighted by molar-refractivity contribution is -0.112. The molecule has 0 bridgehead atoms. The van der Waals surface area contributed by atoms with Crippen LogP contribution in [0.2, 0.25) is 0 Å². The van der Waals surface area contributed by atoms with E-state index >= 15 is 0 Å². The van der Waals surface area contributed by atoms with Gasteiger partial charge in [0.05, 0.1) is 6.04 Å². The summed E-state index contributed by atoms with van der Waals surface area (Å²) in [7, 11) is 3.85. The van der Waals surface area contributed by atoms with E-state index in [1.807, 2.05) is 62.3 Å². The molecule has 0 heterocycles. The van der Waals surface area contributed by atoms with Gasteiger partial charge >= 0.3 is 0 Å². The standard InChI is InChI=1S/C27H30N2O2S/c1-19(17-21-13-15-23(16-14-21)22-9-6-5-7-10-22)32-27(31)20(2)28-26(30)24-11-8-12-25(18-24)29(3)4/h5-16,18-20H,17H2,1-4H3,(H,28,30)/t19-,20+/m0/s1. The Hall–Kier alpha value is -3.05. The number of rotatable bonds is 8. The smallest absolute Gasteiger partial charge is 0.251 e. The molecular weight excluding hydrogens is 416 g/mol. The highest BCUT2D eigenvalue weighted by molar-refractivity contribution is 8.14. The molecule has 3 aromatic rings. The van der Waals surface area contributed by atoms with Crippen LogP contribution in [0.3, 0.4) is 0 Å². The second-order valence-corrected chi connectivity index (χ2v) is 9.60. The van der Waals surface area contributed by atoms with Crippen LogP contribution in [0.4, 0.5) is 5.69 Å². The highest BCUT2D eigenvalue weighted by Crippen LogP contribution is 2.23. The third kappa shape index (κ3) is 6.47. The van der Waals surface area contributed by atoms with E-state index in [-0.39, 0.29) is 16.3 Å². The second kappa shape index (κ2) is 11.0. The quantitative estimate of drug-likeness (QED) is 0.501. The highest BCUT2D eigenvalue weighted by Gasteiger charge is 2.20. The zero-order valence-corrected chi connectivity index (χ0v) is 19.9. The number of carbonyl (C=O) groups excluding carboxylic acids is 2. The number of nitrogens with zero attached hydrogens (tertiary/aromatic N) is 1. The number of hydrogen-bond acceptors (Lipinski definition) is 4. The van der Waals surface area contributed by atoms with Crippen molar-refractivity contribution in [3.63, 3.8) is 0 Å². The molecule has 0 aliphatic carbocycles. The van der Waals surface area contributed by atoms with Crippen molar-refractivity contribution in [2.24, 2.45) is 0 Å². The average Bonchev–Trinajstić information content (AvgIpc) is 2.80. The minimum absolute atomic E-state index is 0.0319. The molecule has 0 aromatic heterocycles. The summed E-state index contributed by atoms with van der Waals surface area (Å²) in [6.45, 7) is 3.78. The number of hydrogen-bond donors (Lipinski definition) is 1. The van der Waals surface area contributed by atoms with Gasteiger partial charge in [-0.3, -0.25) is 9.59 Å². The van der Waals surface area contributed by atoms with Gasteiger partial charge in [0.1, 0.15) is 0 Å². The van der Waals surface area contributed by atoms with Crippen LogP contribution in [0, 0.1) is 0 Å². The molecule has 166 valence electrons. The van der Waals surface area contributed by atoms with Gasteiger partial charge < -0.3 is 10.2 Å². The Morgan fingerprint density at radius 3 is 2.19 bits per heavy atom. The molecule has 2 atom stereocenters. The Bertz CT molecular complexity index is 1050. The molecule has 3 aromatic carbocycles. The Morgan fingerprint density at radius 2 is 1.53 bits per heavy atom. The van der Waals surface area contributed by atoms with Gasteiger partial charge in [0, 0.05) is 30.6 Å². The summed E-state index contributed by atoms with van der Waals surface area (Å²) in [5.41, 5.74) is 5.05. The number of carbonyl (C=O) groups is 2. The van der Waals surface area contributed by atoms with Crippen LogP contribution < -0.4 is 10.2 Å². The normalized spacial score (nSPS) is 12.6. The highest BCUT2D eigenvalue weighted by atomic mass is 32.2. The Balaban J connectivity index is 1.52. The zero-order chi connectivity index (χ0) is 23.1. The first-order valence-corrected chi connectivity index (χ1v) is 11.6. The predicted octanol–water partition coefficient (Wildman–Crippen LogP) is 5.43. The summed E-state index contributed by atoms with van der Waals surface area (Å²) in [5.74, 6) is -0.237. The maximum atomic E-state index is 12.7. The van der Waals surface area contributed by atoms with Crippen LogP contribution >= 0.6 is 11.8 Å². The SMILES string of the molecule is C[C@@H](Cc1ccc(-c2ccccc2)cc1)SC(=O)[C@@H](C)NC(=O)c1cccc(N(C)C)c1. The van der Waals surface area contributed by atoms with E-state index in [2.05, 4.69) is 41.7 Å². The van der Waals surface area contributed by atoms with Crippen molar-refractivity contribution in [3.8, 4) is 11.1 Å². The molecule has 0 fully saturated rings. The molecule has 1 N–H and O–H groups in total. The Labute approximate surface area is 195 Å². The van der Waals surface area contributed by atoms with Crippen molar-refractivity contribution in [1.82, 2.24) is 5.32 Å². The third-order valence-electron chi connectivity index (χ3n) is 5.23. The molecule has 3 rings (SSSR count). The summed E-state index contributed by atoms with van der Waals surface area (Å²) < 4.78 is 0. The van der Waals surface area contributed by atoms with Crippen molar-refractivity contribution >= 4 is 28.5 Å². The summed E-state index contributed by atoms with van der Waals surface area (Å²) in [6, 6.07) is 25.6. The van der Waals surface area contributed by atoms with Crippen LogP contribution in [0.5, 0.6) is 0 Å². The Morgan fingerprint density at radius 1 is 0.875 bits per heavy atom. The second-order valence-electron chi connectivity index (χ2n) is 8.15. The Kier molecular flexibility index (Phi) is 8.12. The van der Waals surface area contributed by atoms with E-state index in [9.17, 15) is 9.59 Å². The summed E-state index contributed by atoms with van der Waals surface area (Å²) in [6.07, 6.45) is 0.789.